The molecule has 0 fully saturated rings. The molecule has 92 valence electrons. The third kappa shape index (κ3) is 7.73. The highest BCUT2D eigenvalue weighted by atomic mass is 14.7. The molecule has 0 aliphatic heterocycles. The molecule has 0 aromatic heterocycles. The first kappa shape index (κ1) is 14.8. The molecule has 0 aromatic carbocycles. The van der Waals surface area contributed by atoms with Crippen LogP contribution in [-0.4, -0.2) is 25.2 Å². The topological polar surface area (TPSA) is 104 Å². The third-order valence-electron chi connectivity index (χ3n) is 2.89. The van der Waals surface area contributed by atoms with Crippen molar-refractivity contribution in [2.45, 2.75) is 50.5 Å². The molecule has 0 saturated heterocycles. The SMILES string of the molecule is NCCCCC(N)(CCCN)CCCN. The van der Waals surface area contributed by atoms with E-state index in [1.165, 1.54) is 0 Å². The molecule has 4 heteroatoms. The van der Waals surface area contributed by atoms with E-state index in [1.807, 2.05) is 0 Å². The van der Waals surface area contributed by atoms with Gasteiger partial charge in [0.05, 0.1) is 0 Å². The summed E-state index contributed by atoms with van der Waals surface area (Å²) in [7, 11) is 0. The molecule has 0 heterocycles. The van der Waals surface area contributed by atoms with Crippen molar-refractivity contribution in [2.75, 3.05) is 19.6 Å². The minimum Gasteiger partial charge on any atom is -0.330 e. The van der Waals surface area contributed by atoms with Crippen molar-refractivity contribution in [3.63, 3.8) is 0 Å². The first-order valence-electron chi connectivity index (χ1n) is 6.07. The van der Waals surface area contributed by atoms with Crippen LogP contribution >= 0.6 is 0 Å². The molecule has 0 radical (unpaired) electrons. The van der Waals surface area contributed by atoms with Crippen LogP contribution in [0.1, 0.15) is 44.9 Å². The van der Waals surface area contributed by atoms with Crippen molar-refractivity contribution < 1.29 is 0 Å². The van der Waals surface area contributed by atoms with Crippen molar-refractivity contribution >= 4 is 0 Å². The quantitative estimate of drug-likeness (QED) is 0.394. The Kier molecular flexibility index (Phi) is 9.00. The summed E-state index contributed by atoms with van der Waals surface area (Å²) in [6.45, 7) is 2.20. The van der Waals surface area contributed by atoms with Crippen LogP contribution in [0.4, 0.5) is 0 Å². The smallest absolute Gasteiger partial charge is 0.0155 e. The van der Waals surface area contributed by atoms with Crippen LogP contribution < -0.4 is 22.9 Å². The second-order valence-electron chi connectivity index (χ2n) is 4.39. The highest BCUT2D eigenvalue weighted by Gasteiger charge is 2.22. The third-order valence-corrected chi connectivity index (χ3v) is 2.89. The van der Waals surface area contributed by atoms with Crippen LogP contribution in [-0.2, 0) is 0 Å². The minimum atomic E-state index is -0.0616. The van der Waals surface area contributed by atoms with E-state index in [0.717, 1.165) is 64.6 Å². The highest BCUT2D eigenvalue weighted by Crippen LogP contribution is 2.22. The van der Waals surface area contributed by atoms with Crippen LogP contribution in [0.2, 0.25) is 0 Å². The van der Waals surface area contributed by atoms with Gasteiger partial charge in [-0.25, -0.2) is 0 Å². The maximum atomic E-state index is 6.36. The average molecular weight is 216 g/mol. The van der Waals surface area contributed by atoms with Crippen molar-refractivity contribution in [3.8, 4) is 0 Å². The van der Waals surface area contributed by atoms with Gasteiger partial charge >= 0.3 is 0 Å². The lowest BCUT2D eigenvalue weighted by molar-refractivity contribution is 0.317. The van der Waals surface area contributed by atoms with E-state index >= 15 is 0 Å². The van der Waals surface area contributed by atoms with Crippen molar-refractivity contribution in [2.24, 2.45) is 22.9 Å². The summed E-state index contributed by atoms with van der Waals surface area (Å²) in [6, 6.07) is 0. The van der Waals surface area contributed by atoms with E-state index in [4.69, 9.17) is 22.9 Å². The van der Waals surface area contributed by atoms with Gasteiger partial charge in [0.1, 0.15) is 0 Å². The fourth-order valence-corrected chi connectivity index (χ4v) is 1.90. The van der Waals surface area contributed by atoms with Crippen molar-refractivity contribution in [1.29, 1.82) is 0 Å². The molecule has 0 amide bonds. The predicted molar refractivity (Wildman–Crippen MR) is 66.4 cm³/mol. The Hall–Kier alpha value is -0.160. The van der Waals surface area contributed by atoms with Gasteiger partial charge in [-0.05, 0) is 58.2 Å². The lowest BCUT2D eigenvalue weighted by atomic mass is 9.84. The van der Waals surface area contributed by atoms with Crippen LogP contribution in [0, 0.1) is 0 Å². The molecule has 4 nitrogen and oxygen atoms in total. The summed E-state index contributed by atoms with van der Waals surface area (Å²) in [6.07, 6.45) is 7.24. The van der Waals surface area contributed by atoms with Gasteiger partial charge in [-0.15, -0.1) is 0 Å². The first-order chi connectivity index (χ1) is 7.18. The molecule has 0 saturated carbocycles. The van der Waals surface area contributed by atoms with Gasteiger partial charge in [-0.1, -0.05) is 6.42 Å². The second kappa shape index (κ2) is 9.09. The Balaban J connectivity index is 3.89. The summed E-state index contributed by atoms with van der Waals surface area (Å²) in [5.41, 5.74) is 22.8. The molecule has 0 unspecified atom stereocenters. The molecule has 0 spiro atoms. The number of hydrogen-bond donors (Lipinski definition) is 4. The maximum Gasteiger partial charge on any atom is 0.0155 e. The Morgan fingerprint density at radius 3 is 1.40 bits per heavy atom. The van der Waals surface area contributed by atoms with Gasteiger partial charge in [0.25, 0.3) is 0 Å². The summed E-state index contributed by atoms with van der Waals surface area (Å²) in [4.78, 5) is 0. The average Bonchev–Trinajstić information content (AvgIpc) is 2.24. The zero-order chi connectivity index (χ0) is 11.6. The van der Waals surface area contributed by atoms with Crippen LogP contribution in [0.25, 0.3) is 0 Å². The maximum absolute atomic E-state index is 6.36. The van der Waals surface area contributed by atoms with Gasteiger partial charge in [0.2, 0.25) is 0 Å². The lowest BCUT2D eigenvalue weighted by Crippen LogP contribution is -2.40. The van der Waals surface area contributed by atoms with Crippen LogP contribution in [0.15, 0.2) is 0 Å². The van der Waals surface area contributed by atoms with Crippen molar-refractivity contribution in [3.05, 3.63) is 0 Å². The van der Waals surface area contributed by atoms with Gasteiger partial charge in [-0.2, -0.15) is 0 Å². The standard InChI is InChI=1S/C11H28N4/c12-8-2-1-5-11(15,6-3-9-13)7-4-10-14/h1-10,12-15H2. The summed E-state index contributed by atoms with van der Waals surface area (Å²) < 4.78 is 0. The molecule has 0 atom stereocenters. The predicted octanol–water partition coefficient (Wildman–Crippen LogP) is 0.291. The van der Waals surface area contributed by atoms with Gasteiger partial charge in [0, 0.05) is 5.54 Å². The van der Waals surface area contributed by atoms with Crippen LogP contribution in [0.5, 0.6) is 0 Å². The van der Waals surface area contributed by atoms with Gasteiger partial charge < -0.3 is 22.9 Å². The monoisotopic (exact) mass is 216 g/mol. The Morgan fingerprint density at radius 1 is 0.600 bits per heavy atom. The summed E-state index contributed by atoms with van der Waals surface area (Å²) >= 11 is 0. The molecule has 8 N–H and O–H groups in total. The molecule has 0 aliphatic carbocycles. The normalized spacial score (nSPS) is 12.0. The number of nitrogens with two attached hydrogens (primary N) is 4. The van der Waals surface area contributed by atoms with E-state index in [2.05, 4.69) is 0 Å². The minimum absolute atomic E-state index is 0.0616. The van der Waals surface area contributed by atoms with Crippen molar-refractivity contribution in [1.82, 2.24) is 0 Å². The van der Waals surface area contributed by atoms with E-state index in [-0.39, 0.29) is 5.54 Å². The Bertz CT molecular complexity index is 131. The van der Waals surface area contributed by atoms with Gasteiger partial charge in [0.15, 0.2) is 0 Å². The van der Waals surface area contributed by atoms with E-state index in [1.54, 1.807) is 0 Å². The first-order valence-corrected chi connectivity index (χ1v) is 6.07. The molecule has 15 heavy (non-hydrogen) atoms. The summed E-state index contributed by atoms with van der Waals surface area (Å²) in [5, 5.41) is 0. The molecule has 0 aromatic rings. The van der Waals surface area contributed by atoms with E-state index in [9.17, 15) is 0 Å². The van der Waals surface area contributed by atoms with Gasteiger partial charge in [-0.3, -0.25) is 0 Å². The molecule has 0 bridgehead atoms. The number of unbranched alkanes of at least 4 members (excludes halogenated alkanes) is 1. The molecular formula is C11H28N4. The largest absolute Gasteiger partial charge is 0.330 e. The van der Waals surface area contributed by atoms with E-state index in [0.29, 0.717) is 0 Å². The summed E-state index contributed by atoms with van der Waals surface area (Å²) in [5.74, 6) is 0. The number of rotatable bonds is 10. The van der Waals surface area contributed by atoms with E-state index < -0.39 is 0 Å². The Morgan fingerprint density at radius 2 is 1.00 bits per heavy atom. The fourth-order valence-electron chi connectivity index (χ4n) is 1.90. The highest BCUT2D eigenvalue weighted by molar-refractivity contribution is 4.84. The Labute approximate surface area is 93.7 Å². The molecular weight excluding hydrogens is 188 g/mol. The molecule has 0 aliphatic rings. The lowest BCUT2D eigenvalue weighted by Gasteiger charge is -2.29. The molecule has 0 rings (SSSR count). The number of hydrogen-bond acceptors (Lipinski definition) is 4. The fraction of sp³-hybridized carbons (Fsp3) is 1.00. The second-order valence-corrected chi connectivity index (χ2v) is 4.39. The van der Waals surface area contributed by atoms with Crippen LogP contribution in [0.3, 0.4) is 0 Å². The zero-order valence-electron chi connectivity index (χ0n) is 9.88. The zero-order valence-corrected chi connectivity index (χ0v) is 9.88.